The van der Waals surface area contributed by atoms with E-state index in [4.69, 9.17) is 5.73 Å². The minimum atomic E-state index is -0.462. The van der Waals surface area contributed by atoms with E-state index >= 15 is 0 Å². The number of piperidine rings is 1. The van der Waals surface area contributed by atoms with Crippen LogP contribution in [0, 0.1) is 10.1 Å². The van der Waals surface area contributed by atoms with E-state index in [1.165, 1.54) is 6.07 Å². The number of benzene rings is 1. The van der Waals surface area contributed by atoms with Crippen molar-refractivity contribution < 1.29 is 10.0 Å². The molecule has 0 bridgehead atoms. The number of nitrogens with zero attached hydrogens (tertiary/aromatic N) is 3. The fourth-order valence-corrected chi connectivity index (χ4v) is 2.66. The van der Waals surface area contributed by atoms with Crippen LogP contribution >= 0.6 is 0 Å². The second-order valence-electron chi connectivity index (χ2n) is 5.76. The van der Waals surface area contributed by atoms with Gasteiger partial charge in [0, 0.05) is 30.5 Å². The monoisotopic (exact) mass is 329 g/mol. The smallest absolute Gasteiger partial charge is 0.311 e. The average molecular weight is 329 g/mol. The number of hydrogen-bond donors (Lipinski definition) is 3. The first-order valence-electron chi connectivity index (χ1n) is 7.74. The third-order valence-electron chi connectivity index (χ3n) is 4.02. The highest BCUT2D eigenvalue weighted by atomic mass is 16.6. The molecule has 24 heavy (non-hydrogen) atoms. The number of hydrogen-bond acceptors (Lipinski definition) is 7. The molecule has 0 radical (unpaired) electrons. The summed E-state index contributed by atoms with van der Waals surface area (Å²) in [6, 6.07) is 10.0. The van der Waals surface area contributed by atoms with Crippen molar-refractivity contribution in [3.05, 3.63) is 46.5 Å². The van der Waals surface area contributed by atoms with Crippen LogP contribution in [0.4, 0.5) is 28.7 Å². The van der Waals surface area contributed by atoms with Gasteiger partial charge in [-0.25, -0.2) is 4.98 Å². The Labute approximate surface area is 139 Å². The van der Waals surface area contributed by atoms with E-state index in [9.17, 15) is 15.2 Å². The number of nitro groups is 1. The Morgan fingerprint density at radius 2 is 1.88 bits per heavy atom. The van der Waals surface area contributed by atoms with Crippen molar-refractivity contribution >= 4 is 28.7 Å². The van der Waals surface area contributed by atoms with Crippen LogP contribution in [0.3, 0.4) is 0 Å². The summed E-state index contributed by atoms with van der Waals surface area (Å²) in [6.07, 6.45) is 1.05. The molecule has 126 valence electrons. The molecular formula is C16H19N5O3. The summed E-state index contributed by atoms with van der Waals surface area (Å²) < 4.78 is 0. The third kappa shape index (κ3) is 3.54. The largest absolute Gasteiger partial charge is 0.399 e. The van der Waals surface area contributed by atoms with E-state index in [2.05, 4.69) is 10.3 Å². The number of nitrogens with two attached hydrogens (primary N) is 1. The minimum absolute atomic E-state index is 0.0902. The average Bonchev–Trinajstić information content (AvgIpc) is 2.57. The fraction of sp³-hybridized carbons (Fsp3) is 0.312. The molecule has 1 fully saturated rings. The number of aliphatic hydroxyl groups excluding tert-OH is 1. The zero-order valence-electron chi connectivity index (χ0n) is 13.1. The Balaban J connectivity index is 1.88. The normalized spacial score (nSPS) is 15.3. The maximum atomic E-state index is 11.3. The molecule has 1 aliphatic rings. The first kappa shape index (κ1) is 16.0. The lowest BCUT2D eigenvalue weighted by molar-refractivity contribution is -0.384. The van der Waals surface area contributed by atoms with Crippen LogP contribution in [0.5, 0.6) is 0 Å². The van der Waals surface area contributed by atoms with E-state index in [0.29, 0.717) is 43.1 Å². The SMILES string of the molecule is Nc1ccc(Nc2nc(N3CCC(O)CC3)ccc2[N+](=O)[O-])cc1. The molecular weight excluding hydrogens is 310 g/mol. The molecule has 4 N–H and O–H groups in total. The topological polar surface area (TPSA) is 118 Å². The predicted octanol–water partition coefficient (Wildman–Crippen LogP) is 2.28. The van der Waals surface area contributed by atoms with Gasteiger partial charge in [-0.15, -0.1) is 0 Å². The summed E-state index contributed by atoms with van der Waals surface area (Å²) in [6.45, 7) is 1.35. The van der Waals surface area contributed by atoms with Crippen LogP contribution in [0.15, 0.2) is 36.4 Å². The van der Waals surface area contributed by atoms with Gasteiger partial charge in [0.25, 0.3) is 0 Å². The molecule has 0 atom stereocenters. The molecule has 1 saturated heterocycles. The fourth-order valence-electron chi connectivity index (χ4n) is 2.66. The van der Waals surface area contributed by atoms with Crippen LogP contribution in [0.2, 0.25) is 0 Å². The van der Waals surface area contributed by atoms with Gasteiger partial charge in [0.15, 0.2) is 0 Å². The highest BCUT2D eigenvalue weighted by Crippen LogP contribution is 2.29. The van der Waals surface area contributed by atoms with Gasteiger partial charge in [0.05, 0.1) is 11.0 Å². The number of anilines is 4. The van der Waals surface area contributed by atoms with Crippen LogP contribution in [-0.2, 0) is 0 Å². The van der Waals surface area contributed by atoms with E-state index in [-0.39, 0.29) is 17.6 Å². The van der Waals surface area contributed by atoms with E-state index in [1.54, 1.807) is 30.3 Å². The Morgan fingerprint density at radius 3 is 2.50 bits per heavy atom. The summed E-state index contributed by atoms with van der Waals surface area (Å²) >= 11 is 0. The number of aliphatic hydroxyl groups is 1. The van der Waals surface area contributed by atoms with Gasteiger partial charge in [0.1, 0.15) is 5.82 Å². The molecule has 0 spiro atoms. The van der Waals surface area contributed by atoms with Crippen LogP contribution in [-0.4, -0.2) is 34.2 Å². The van der Waals surface area contributed by atoms with Crippen LogP contribution in [0.1, 0.15) is 12.8 Å². The molecule has 2 heterocycles. The Morgan fingerprint density at radius 1 is 1.21 bits per heavy atom. The first-order valence-corrected chi connectivity index (χ1v) is 7.74. The maximum absolute atomic E-state index is 11.3. The zero-order chi connectivity index (χ0) is 17.1. The molecule has 2 aromatic rings. The third-order valence-corrected chi connectivity index (χ3v) is 4.02. The first-order chi connectivity index (χ1) is 11.5. The van der Waals surface area contributed by atoms with Crippen molar-refractivity contribution in [2.75, 3.05) is 29.0 Å². The molecule has 0 saturated carbocycles. The Hall–Kier alpha value is -2.87. The van der Waals surface area contributed by atoms with Crippen molar-refractivity contribution in [2.45, 2.75) is 18.9 Å². The highest BCUT2D eigenvalue weighted by molar-refractivity contribution is 5.68. The lowest BCUT2D eigenvalue weighted by atomic mass is 10.1. The molecule has 1 aromatic carbocycles. The lowest BCUT2D eigenvalue weighted by Crippen LogP contribution is -2.36. The van der Waals surface area contributed by atoms with Gasteiger partial charge in [-0.05, 0) is 43.2 Å². The number of pyridine rings is 1. The van der Waals surface area contributed by atoms with Crippen molar-refractivity contribution in [1.29, 1.82) is 0 Å². The van der Waals surface area contributed by atoms with Gasteiger partial charge >= 0.3 is 5.69 Å². The standard InChI is InChI=1S/C16H19N5O3/c17-11-1-3-12(4-2-11)18-16-14(21(23)24)5-6-15(19-16)20-9-7-13(22)8-10-20/h1-6,13,22H,7-10,17H2,(H,18,19). The summed E-state index contributed by atoms with van der Waals surface area (Å²) in [4.78, 5) is 17.2. The maximum Gasteiger partial charge on any atom is 0.311 e. The van der Waals surface area contributed by atoms with Crippen molar-refractivity contribution in [3.63, 3.8) is 0 Å². The molecule has 8 heteroatoms. The van der Waals surface area contributed by atoms with Gasteiger partial charge in [-0.1, -0.05) is 0 Å². The molecule has 0 amide bonds. The van der Waals surface area contributed by atoms with E-state index < -0.39 is 4.92 Å². The highest BCUT2D eigenvalue weighted by Gasteiger charge is 2.22. The second kappa shape index (κ2) is 6.71. The van der Waals surface area contributed by atoms with Gasteiger partial charge in [0.2, 0.25) is 5.82 Å². The molecule has 1 aromatic heterocycles. The quantitative estimate of drug-likeness (QED) is 0.447. The number of nitrogens with one attached hydrogen (secondary N) is 1. The summed E-state index contributed by atoms with van der Waals surface area (Å²) in [5.41, 5.74) is 6.85. The minimum Gasteiger partial charge on any atom is -0.399 e. The lowest BCUT2D eigenvalue weighted by Gasteiger charge is -2.30. The molecule has 8 nitrogen and oxygen atoms in total. The number of aromatic nitrogens is 1. The van der Waals surface area contributed by atoms with Crippen molar-refractivity contribution in [1.82, 2.24) is 4.98 Å². The molecule has 0 unspecified atom stereocenters. The Kier molecular flexibility index (Phi) is 4.48. The second-order valence-corrected chi connectivity index (χ2v) is 5.76. The summed E-state index contributed by atoms with van der Waals surface area (Å²) in [5.74, 6) is 0.846. The van der Waals surface area contributed by atoms with E-state index in [1.807, 2.05) is 4.90 Å². The summed E-state index contributed by atoms with van der Waals surface area (Å²) in [7, 11) is 0. The van der Waals surface area contributed by atoms with E-state index in [0.717, 1.165) is 0 Å². The Bertz CT molecular complexity index is 727. The van der Waals surface area contributed by atoms with Gasteiger partial charge in [-0.2, -0.15) is 0 Å². The predicted molar refractivity (Wildman–Crippen MR) is 92.5 cm³/mol. The van der Waals surface area contributed by atoms with Crippen molar-refractivity contribution in [3.8, 4) is 0 Å². The van der Waals surface area contributed by atoms with Crippen LogP contribution in [0.25, 0.3) is 0 Å². The number of nitrogen functional groups attached to an aromatic ring is 1. The zero-order valence-corrected chi connectivity index (χ0v) is 13.1. The number of rotatable bonds is 4. The summed E-state index contributed by atoms with van der Waals surface area (Å²) in [5, 5.41) is 23.8. The van der Waals surface area contributed by atoms with Crippen LogP contribution < -0.4 is 16.0 Å². The molecule has 0 aliphatic carbocycles. The van der Waals surface area contributed by atoms with Gasteiger partial charge < -0.3 is 21.1 Å². The molecule has 1 aliphatic heterocycles. The van der Waals surface area contributed by atoms with Crippen molar-refractivity contribution in [2.24, 2.45) is 0 Å². The molecule has 3 rings (SSSR count). The van der Waals surface area contributed by atoms with Gasteiger partial charge in [-0.3, -0.25) is 10.1 Å².